The van der Waals surface area contributed by atoms with Gasteiger partial charge in [-0.1, -0.05) is 72.3 Å². The van der Waals surface area contributed by atoms with Crippen LogP contribution in [0.5, 0.6) is 0 Å². The van der Waals surface area contributed by atoms with Gasteiger partial charge in [0, 0.05) is 10.6 Å². The molecule has 36 heavy (non-hydrogen) atoms. The third kappa shape index (κ3) is 6.33. The van der Waals surface area contributed by atoms with Crippen molar-refractivity contribution in [3.05, 3.63) is 117 Å². The van der Waals surface area contributed by atoms with Crippen molar-refractivity contribution < 1.29 is 18.9 Å². The number of nitrogens with zero attached hydrogens (tertiary/aromatic N) is 1. The number of thiol groups is 1. The van der Waals surface area contributed by atoms with E-state index in [0.29, 0.717) is 15.6 Å². The molecular formula is C27H23ClN2O4S2. The normalized spacial score (nSPS) is 19.9. The van der Waals surface area contributed by atoms with Gasteiger partial charge in [0.2, 0.25) is 0 Å². The summed E-state index contributed by atoms with van der Waals surface area (Å²) in [5.41, 5.74) is 2.25. The molecule has 0 amide bonds. The minimum absolute atomic E-state index is 0.133. The first-order valence-electron chi connectivity index (χ1n) is 11.0. The second kappa shape index (κ2) is 11.7. The molecule has 0 bridgehead atoms. The zero-order valence-corrected chi connectivity index (χ0v) is 21.4. The lowest BCUT2D eigenvalue weighted by atomic mass is 10.1. The standard InChI is InChI=1S/C27H23ClN2O4S2/c28-22-13-11-21(12-14-22)24(31)15-10-18-6-8-20(9-7-18)17-25-29-27(35)30(36(25)34)23(26(32)33)16-19-4-2-1-3-5-19/h1-15,17,23,27,29,35H,16H2,(H,32,33)/b15-10+,25-17-/t23?,27-,36?/m0/s1. The fourth-order valence-electron chi connectivity index (χ4n) is 3.68. The van der Waals surface area contributed by atoms with Crippen molar-refractivity contribution in [1.29, 1.82) is 0 Å². The maximum absolute atomic E-state index is 13.2. The summed E-state index contributed by atoms with van der Waals surface area (Å²) in [5, 5.41) is 13.8. The van der Waals surface area contributed by atoms with Crippen LogP contribution >= 0.6 is 24.2 Å². The molecule has 0 saturated carbocycles. The van der Waals surface area contributed by atoms with Gasteiger partial charge in [0.05, 0.1) is 0 Å². The average molecular weight is 539 g/mol. The highest BCUT2D eigenvalue weighted by atomic mass is 35.5. The van der Waals surface area contributed by atoms with Crippen molar-refractivity contribution in [1.82, 2.24) is 9.62 Å². The second-order valence-corrected chi connectivity index (χ2v) is 10.3. The molecule has 1 fully saturated rings. The number of ketones is 1. The van der Waals surface area contributed by atoms with E-state index in [0.717, 1.165) is 16.7 Å². The molecule has 4 rings (SSSR count). The Labute approximate surface area is 222 Å². The number of carboxylic acids is 1. The fourth-order valence-corrected chi connectivity index (χ4v) is 5.76. The van der Waals surface area contributed by atoms with Crippen LogP contribution in [-0.2, 0) is 22.2 Å². The molecule has 1 heterocycles. The van der Waals surface area contributed by atoms with Gasteiger partial charge >= 0.3 is 5.97 Å². The van der Waals surface area contributed by atoms with E-state index < -0.39 is 28.5 Å². The van der Waals surface area contributed by atoms with E-state index in [1.165, 1.54) is 10.4 Å². The predicted octanol–water partition coefficient (Wildman–Crippen LogP) is 5.01. The molecular weight excluding hydrogens is 516 g/mol. The van der Waals surface area contributed by atoms with Crippen LogP contribution in [0.15, 0.2) is 90.0 Å². The van der Waals surface area contributed by atoms with E-state index >= 15 is 0 Å². The summed E-state index contributed by atoms with van der Waals surface area (Å²) >= 11 is 10.3. The lowest BCUT2D eigenvalue weighted by Gasteiger charge is -2.24. The van der Waals surface area contributed by atoms with Gasteiger partial charge in [-0.15, -0.1) is 12.6 Å². The number of aliphatic carboxylic acids is 1. The Hall–Kier alpha value is -3.17. The van der Waals surface area contributed by atoms with E-state index in [-0.39, 0.29) is 12.2 Å². The summed E-state index contributed by atoms with van der Waals surface area (Å²) in [6.45, 7) is 0. The zero-order chi connectivity index (χ0) is 25.7. The van der Waals surface area contributed by atoms with Gasteiger partial charge in [-0.3, -0.25) is 9.59 Å². The summed E-state index contributed by atoms with van der Waals surface area (Å²) in [6.07, 6.45) is 5.11. The number of halogens is 1. The Kier molecular flexibility index (Phi) is 8.43. The fraction of sp³-hybridized carbons (Fsp3) is 0.111. The molecule has 2 N–H and O–H groups in total. The molecule has 0 aromatic heterocycles. The monoisotopic (exact) mass is 538 g/mol. The minimum atomic E-state index is -1.73. The lowest BCUT2D eigenvalue weighted by Crippen LogP contribution is -2.45. The summed E-state index contributed by atoms with van der Waals surface area (Å²) in [5.74, 6) is -1.20. The van der Waals surface area contributed by atoms with Crippen molar-refractivity contribution in [2.24, 2.45) is 0 Å². The van der Waals surface area contributed by atoms with Crippen LogP contribution < -0.4 is 5.32 Å². The molecule has 1 aliphatic rings. The topological polar surface area (TPSA) is 86.7 Å². The van der Waals surface area contributed by atoms with Crippen molar-refractivity contribution >= 4 is 59.1 Å². The Morgan fingerprint density at radius 2 is 1.67 bits per heavy atom. The first kappa shape index (κ1) is 25.9. The van der Waals surface area contributed by atoms with Crippen LogP contribution in [0.1, 0.15) is 27.0 Å². The SMILES string of the molecule is O=C(/C=C/c1ccc(/C=C2/N[C@H](S)N(C(Cc3ccccc3)C(=O)O)S2=O)cc1)c1ccc(Cl)cc1. The van der Waals surface area contributed by atoms with Gasteiger partial charge in [0.25, 0.3) is 0 Å². The summed E-state index contributed by atoms with van der Waals surface area (Å²) in [6, 6.07) is 22.2. The van der Waals surface area contributed by atoms with E-state index in [1.807, 2.05) is 54.6 Å². The predicted molar refractivity (Wildman–Crippen MR) is 147 cm³/mol. The van der Waals surface area contributed by atoms with Crippen LogP contribution in [0.4, 0.5) is 0 Å². The third-order valence-electron chi connectivity index (χ3n) is 5.55. The first-order chi connectivity index (χ1) is 17.3. The lowest BCUT2D eigenvalue weighted by molar-refractivity contribution is -0.141. The van der Waals surface area contributed by atoms with Crippen LogP contribution in [0.2, 0.25) is 5.02 Å². The molecule has 0 aliphatic carbocycles. The second-order valence-electron chi connectivity index (χ2n) is 8.05. The van der Waals surface area contributed by atoms with E-state index in [2.05, 4.69) is 17.9 Å². The van der Waals surface area contributed by atoms with Crippen LogP contribution in [0.25, 0.3) is 12.2 Å². The van der Waals surface area contributed by atoms with Gasteiger partial charge in [-0.2, -0.15) is 4.31 Å². The number of carboxylic acid groups (broad SMARTS) is 1. The molecule has 3 aromatic carbocycles. The minimum Gasteiger partial charge on any atom is -0.480 e. The van der Waals surface area contributed by atoms with Crippen molar-refractivity contribution in [3.63, 3.8) is 0 Å². The maximum Gasteiger partial charge on any atom is 0.322 e. The Balaban J connectivity index is 1.46. The highest BCUT2D eigenvalue weighted by Crippen LogP contribution is 2.27. The molecule has 0 radical (unpaired) electrons. The summed E-state index contributed by atoms with van der Waals surface area (Å²) in [4.78, 5) is 24.3. The van der Waals surface area contributed by atoms with E-state index in [1.54, 1.807) is 36.4 Å². The Morgan fingerprint density at radius 1 is 1.03 bits per heavy atom. The molecule has 184 valence electrons. The van der Waals surface area contributed by atoms with Crippen LogP contribution in [0, 0.1) is 0 Å². The highest BCUT2D eigenvalue weighted by Gasteiger charge is 2.41. The Morgan fingerprint density at radius 3 is 2.31 bits per heavy atom. The zero-order valence-electron chi connectivity index (χ0n) is 19.0. The van der Waals surface area contributed by atoms with Gasteiger partial charge in [-0.25, -0.2) is 4.21 Å². The van der Waals surface area contributed by atoms with Crippen LogP contribution in [0.3, 0.4) is 0 Å². The molecule has 2 unspecified atom stereocenters. The molecule has 3 atom stereocenters. The summed E-state index contributed by atoms with van der Waals surface area (Å²) < 4.78 is 14.5. The molecule has 6 nitrogen and oxygen atoms in total. The van der Waals surface area contributed by atoms with Gasteiger partial charge in [-0.05, 0) is 59.5 Å². The number of benzene rings is 3. The van der Waals surface area contributed by atoms with Gasteiger partial charge < -0.3 is 10.4 Å². The number of carbonyl (C=O) groups is 2. The summed E-state index contributed by atoms with van der Waals surface area (Å²) in [7, 11) is -1.73. The molecule has 0 spiro atoms. The molecule has 1 aliphatic heterocycles. The number of rotatable bonds is 8. The van der Waals surface area contributed by atoms with E-state index in [9.17, 15) is 18.9 Å². The number of allylic oxidation sites excluding steroid dienone is 1. The Bertz CT molecular complexity index is 1330. The van der Waals surface area contributed by atoms with Crippen LogP contribution in [-0.4, -0.2) is 36.9 Å². The molecule has 9 heteroatoms. The quantitative estimate of drug-likeness (QED) is 0.213. The van der Waals surface area contributed by atoms with E-state index in [4.69, 9.17) is 11.6 Å². The third-order valence-corrected chi connectivity index (χ3v) is 7.79. The first-order valence-corrected chi connectivity index (χ1v) is 13.0. The van der Waals surface area contributed by atoms with Crippen molar-refractivity contribution in [3.8, 4) is 0 Å². The highest BCUT2D eigenvalue weighted by molar-refractivity contribution is 7.89. The number of nitrogens with one attached hydrogen (secondary N) is 1. The van der Waals surface area contributed by atoms with Crippen molar-refractivity contribution in [2.45, 2.75) is 18.0 Å². The molecule has 1 saturated heterocycles. The largest absolute Gasteiger partial charge is 0.480 e. The number of hydrogen-bond donors (Lipinski definition) is 3. The van der Waals surface area contributed by atoms with Gasteiger partial charge in [0.15, 0.2) is 5.78 Å². The number of carbonyl (C=O) groups excluding carboxylic acids is 1. The smallest absolute Gasteiger partial charge is 0.322 e. The average Bonchev–Trinajstić information content (AvgIpc) is 3.15. The molecule has 3 aromatic rings. The van der Waals surface area contributed by atoms with Gasteiger partial charge in [0.1, 0.15) is 27.6 Å². The maximum atomic E-state index is 13.2. The number of hydrogen-bond acceptors (Lipinski definition) is 5. The van der Waals surface area contributed by atoms with Crippen molar-refractivity contribution in [2.75, 3.05) is 0 Å².